The van der Waals surface area contributed by atoms with E-state index in [1.54, 1.807) is 0 Å². The van der Waals surface area contributed by atoms with Crippen LogP contribution in [0.15, 0.2) is 30.3 Å². The van der Waals surface area contributed by atoms with Gasteiger partial charge in [0, 0.05) is 17.8 Å². The lowest BCUT2D eigenvalue weighted by Crippen LogP contribution is -2.21. The van der Waals surface area contributed by atoms with Crippen LogP contribution in [0.4, 0.5) is 42.5 Å². The molecular weight excluding hydrogens is 422 g/mol. The summed E-state index contributed by atoms with van der Waals surface area (Å²) in [4.78, 5) is 12.2. The van der Waals surface area contributed by atoms with Crippen LogP contribution < -0.4 is 24.8 Å². The van der Waals surface area contributed by atoms with Gasteiger partial charge >= 0.3 is 18.4 Å². The molecule has 12 heteroatoms. The van der Waals surface area contributed by atoms with Crippen LogP contribution in [-0.2, 0) is 12.4 Å². The summed E-state index contributed by atoms with van der Waals surface area (Å²) in [5.74, 6) is 0.565. The number of anilines is 2. The first-order valence-electron chi connectivity index (χ1n) is 8.06. The Hall–Kier alpha value is -3.31. The number of halogens is 6. The molecule has 2 rings (SSSR count). The Bertz CT molecular complexity index is 871. The minimum atomic E-state index is -5.04. The highest BCUT2D eigenvalue weighted by molar-refractivity contribution is 6.00. The molecule has 164 valence electrons. The second-order valence-corrected chi connectivity index (χ2v) is 5.79. The van der Waals surface area contributed by atoms with Crippen molar-refractivity contribution in [1.29, 1.82) is 0 Å². The van der Waals surface area contributed by atoms with E-state index >= 15 is 0 Å². The van der Waals surface area contributed by atoms with Crippen molar-refractivity contribution in [2.24, 2.45) is 0 Å². The molecule has 2 amide bonds. The van der Waals surface area contributed by atoms with Gasteiger partial charge in [-0.15, -0.1) is 0 Å². The maximum atomic E-state index is 12.9. The van der Waals surface area contributed by atoms with E-state index in [0.29, 0.717) is 12.1 Å². The summed E-state index contributed by atoms with van der Waals surface area (Å²) in [6.07, 6.45) is -10.1. The fraction of sp³-hybridized carbons (Fsp3) is 0.278. The molecule has 2 N–H and O–H groups in total. The van der Waals surface area contributed by atoms with Gasteiger partial charge in [-0.25, -0.2) is 4.79 Å². The topological polar surface area (TPSA) is 68.8 Å². The third-order valence-corrected chi connectivity index (χ3v) is 3.77. The smallest absolute Gasteiger partial charge is 0.416 e. The molecule has 0 atom stereocenters. The van der Waals surface area contributed by atoms with Crippen molar-refractivity contribution >= 4 is 17.4 Å². The van der Waals surface area contributed by atoms with Gasteiger partial charge in [-0.3, -0.25) is 0 Å². The van der Waals surface area contributed by atoms with E-state index in [9.17, 15) is 31.1 Å². The largest absolute Gasteiger partial charge is 0.493 e. The number of carbonyl (C=O) groups is 1. The van der Waals surface area contributed by atoms with Crippen molar-refractivity contribution in [1.82, 2.24) is 0 Å². The Balaban J connectivity index is 2.32. The predicted molar refractivity (Wildman–Crippen MR) is 95.2 cm³/mol. The molecule has 0 aromatic heterocycles. The second-order valence-electron chi connectivity index (χ2n) is 5.79. The fourth-order valence-corrected chi connectivity index (χ4v) is 2.47. The highest BCUT2D eigenvalue weighted by atomic mass is 19.4. The number of rotatable bonds is 5. The number of ether oxygens (including phenoxy) is 3. The van der Waals surface area contributed by atoms with E-state index in [1.807, 2.05) is 5.32 Å². The summed E-state index contributed by atoms with van der Waals surface area (Å²) >= 11 is 0. The summed E-state index contributed by atoms with van der Waals surface area (Å²) in [7, 11) is 4.00. The molecule has 0 aliphatic rings. The van der Waals surface area contributed by atoms with Crippen LogP contribution in [0.3, 0.4) is 0 Å². The van der Waals surface area contributed by atoms with Crippen LogP contribution in [0.5, 0.6) is 17.2 Å². The van der Waals surface area contributed by atoms with Crippen LogP contribution in [0.1, 0.15) is 11.1 Å². The molecule has 30 heavy (non-hydrogen) atoms. The molecular formula is C18H16F6N2O4. The van der Waals surface area contributed by atoms with E-state index < -0.39 is 35.2 Å². The minimum absolute atomic E-state index is 0.0394. The molecule has 0 fully saturated rings. The molecule has 0 heterocycles. The molecule has 0 unspecified atom stereocenters. The highest BCUT2D eigenvalue weighted by Crippen LogP contribution is 2.40. The Morgan fingerprint density at radius 2 is 1.10 bits per heavy atom. The van der Waals surface area contributed by atoms with Gasteiger partial charge in [-0.05, 0) is 18.2 Å². The number of methoxy groups -OCH3 is 3. The number of urea groups is 1. The van der Waals surface area contributed by atoms with Crippen molar-refractivity contribution in [3.63, 3.8) is 0 Å². The number of nitrogens with one attached hydrogen (secondary N) is 2. The molecule has 0 aliphatic carbocycles. The fourth-order valence-electron chi connectivity index (χ4n) is 2.47. The molecule has 0 aliphatic heterocycles. The normalized spacial score (nSPS) is 11.6. The Labute approximate surface area is 166 Å². The number of benzene rings is 2. The van der Waals surface area contributed by atoms with Gasteiger partial charge < -0.3 is 24.8 Å². The van der Waals surface area contributed by atoms with Crippen LogP contribution in [0.2, 0.25) is 0 Å². The number of alkyl halides is 6. The van der Waals surface area contributed by atoms with Gasteiger partial charge in [0.2, 0.25) is 5.75 Å². The monoisotopic (exact) mass is 438 g/mol. The summed E-state index contributed by atoms with van der Waals surface area (Å²) in [5.41, 5.74) is -3.71. The van der Waals surface area contributed by atoms with Gasteiger partial charge in [0.25, 0.3) is 0 Å². The third kappa shape index (κ3) is 5.39. The Morgan fingerprint density at radius 3 is 1.43 bits per heavy atom. The lowest BCUT2D eigenvalue weighted by Gasteiger charge is -2.16. The van der Waals surface area contributed by atoms with Crippen LogP contribution in [0, 0.1) is 0 Å². The predicted octanol–water partition coefficient (Wildman–Crippen LogP) is 5.39. The summed E-state index contributed by atoms with van der Waals surface area (Å²) in [6.45, 7) is 0. The van der Waals surface area contributed by atoms with E-state index in [0.717, 1.165) is 0 Å². The van der Waals surface area contributed by atoms with Gasteiger partial charge in [0.05, 0.1) is 38.1 Å². The van der Waals surface area contributed by atoms with Crippen LogP contribution in [-0.4, -0.2) is 27.4 Å². The molecule has 0 bridgehead atoms. The summed E-state index contributed by atoms with van der Waals surface area (Å²) in [5, 5.41) is 4.24. The van der Waals surface area contributed by atoms with E-state index in [4.69, 9.17) is 14.2 Å². The molecule has 0 saturated carbocycles. The van der Waals surface area contributed by atoms with Gasteiger partial charge in [0.1, 0.15) is 0 Å². The average molecular weight is 438 g/mol. The van der Waals surface area contributed by atoms with Gasteiger partial charge in [-0.2, -0.15) is 26.3 Å². The Kier molecular flexibility index (Phi) is 6.58. The summed E-state index contributed by atoms with van der Waals surface area (Å²) in [6, 6.07) is 2.32. The first-order valence-corrected chi connectivity index (χ1v) is 8.06. The zero-order chi connectivity index (χ0) is 22.7. The number of hydrogen-bond donors (Lipinski definition) is 2. The van der Waals surface area contributed by atoms with Crippen LogP contribution >= 0.6 is 0 Å². The number of hydrogen-bond acceptors (Lipinski definition) is 4. The zero-order valence-electron chi connectivity index (χ0n) is 15.8. The zero-order valence-corrected chi connectivity index (χ0v) is 15.8. The first-order chi connectivity index (χ1) is 13.9. The van der Waals surface area contributed by atoms with Crippen molar-refractivity contribution in [2.45, 2.75) is 12.4 Å². The SMILES string of the molecule is COc1cc(NC(=O)Nc2cc(C(F)(F)F)cc(C(F)(F)F)c2)cc(OC)c1OC. The van der Waals surface area contributed by atoms with Gasteiger partial charge in [0.15, 0.2) is 11.5 Å². The van der Waals surface area contributed by atoms with Crippen molar-refractivity contribution in [3.05, 3.63) is 41.5 Å². The van der Waals surface area contributed by atoms with Gasteiger partial charge in [-0.1, -0.05) is 0 Å². The average Bonchev–Trinajstić information content (AvgIpc) is 2.65. The van der Waals surface area contributed by atoms with E-state index in [-0.39, 0.29) is 29.0 Å². The van der Waals surface area contributed by atoms with E-state index in [1.165, 1.54) is 33.5 Å². The first kappa shape index (κ1) is 23.0. The standard InChI is InChI=1S/C18H16F6N2O4/c1-28-13-7-12(8-14(29-2)15(13)30-3)26-16(27)25-11-5-9(17(19,20)21)4-10(6-11)18(22,23)24/h4-8H,1-3H3,(H2,25,26,27). The number of amides is 2. The summed E-state index contributed by atoms with van der Waals surface area (Å²) < 4.78 is 92.8. The molecule has 2 aromatic rings. The molecule has 6 nitrogen and oxygen atoms in total. The van der Waals surface area contributed by atoms with E-state index in [2.05, 4.69) is 5.32 Å². The van der Waals surface area contributed by atoms with Crippen LogP contribution in [0.25, 0.3) is 0 Å². The van der Waals surface area contributed by atoms with Crippen molar-refractivity contribution in [2.75, 3.05) is 32.0 Å². The minimum Gasteiger partial charge on any atom is -0.493 e. The molecule has 0 saturated heterocycles. The molecule has 0 spiro atoms. The maximum Gasteiger partial charge on any atom is 0.416 e. The highest BCUT2D eigenvalue weighted by Gasteiger charge is 2.37. The lowest BCUT2D eigenvalue weighted by molar-refractivity contribution is -0.143. The van der Waals surface area contributed by atoms with Crippen molar-refractivity contribution in [3.8, 4) is 17.2 Å². The third-order valence-electron chi connectivity index (χ3n) is 3.77. The second kappa shape index (κ2) is 8.59. The van der Waals surface area contributed by atoms with Crippen molar-refractivity contribution < 1.29 is 45.3 Å². The Morgan fingerprint density at radius 1 is 0.700 bits per heavy atom. The molecule has 2 aromatic carbocycles. The number of carbonyl (C=O) groups excluding carboxylic acids is 1. The quantitative estimate of drug-likeness (QED) is 0.614. The molecule has 0 radical (unpaired) electrons. The maximum absolute atomic E-state index is 12.9. The lowest BCUT2D eigenvalue weighted by atomic mass is 10.1.